The van der Waals surface area contributed by atoms with Gasteiger partial charge in [0.1, 0.15) is 23.0 Å². The zero-order valence-electron chi connectivity index (χ0n) is 19.4. The standard InChI is InChI=1S/C24H31N5O5/c1-24(23(26)33,12-14-8-9-27-21(14)31)28-22(32)18(10-13-6-7-13)29-16-4-3-5-19(34-2)15(16)11-17(29)20(25)30/h3-5,11,13-14,18H,6-10,12H2,1-2H3,(H2,25,30)(H2,26,33)(H,27,31)(H,28,32)/t14?,18-,24-/m0/s1. The zero-order chi connectivity index (χ0) is 24.6. The summed E-state index contributed by atoms with van der Waals surface area (Å²) in [7, 11) is 1.53. The van der Waals surface area contributed by atoms with Gasteiger partial charge in [-0.2, -0.15) is 0 Å². The van der Waals surface area contributed by atoms with Crippen molar-refractivity contribution < 1.29 is 23.9 Å². The van der Waals surface area contributed by atoms with Gasteiger partial charge in [0.15, 0.2) is 0 Å². The third kappa shape index (κ3) is 4.44. The molecule has 1 saturated carbocycles. The third-order valence-corrected chi connectivity index (χ3v) is 6.94. The van der Waals surface area contributed by atoms with Crippen molar-refractivity contribution in [3.05, 3.63) is 30.0 Å². The van der Waals surface area contributed by atoms with Crippen molar-refractivity contribution in [2.24, 2.45) is 23.3 Å². The Hall–Kier alpha value is -3.56. The first-order valence-electron chi connectivity index (χ1n) is 11.5. The molecule has 182 valence electrons. The van der Waals surface area contributed by atoms with E-state index in [-0.39, 0.29) is 18.0 Å². The molecule has 34 heavy (non-hydrogen) atoms. The highest BCUT2D eigenvalue weighted by molar-refractivity contribution is 6.01. The van der Waals surface area contributed by atoms with Gasteiger partial charge in [0.25, 0.3) is 5.91 Å². The molecule has 10 heteroatoms. The molecule has 2 aromatic rings. The van der Waals surface area contributed by atoms with Crippen LogP contribution >= 0.6 is 0 Å². The maximum Gasteiger partial charge on any atom is 0.265 e. The molecule has 2 heterocycles. The number of aromatic nitrogens is 1. The van der Waals surface area contributed by atoms with Gasteiger partial charge in [-0.25, -0.2) is 0 Å². The first kappa shape index (κ1) is 23.6. The minimum absolute atomic E-state index is 0.0962. The Labute approximate surface area is 197 Å². The van der Waals surface area contributed by atoms with E-state index in [0.29, 0.717) is 42.0 Å². The summed E-state index contributed by atoms with van der Waals surface area (Å²) in [6.07, 6.45) is 3.10. The average molecular weight is 470 g/mol. The molecule has 2 fully saturated rings. The van der Waals surface area contributed by atoms with E-state index in [1.54, 1.807) is 35.8 Å². The van der Waals surface area contributed by atoms with Gasteiger partial charge in [0.05, 0.1) is 12.6 Å². The van der Waals surface area contributed by atoms with Crippen LogP contribution in [0.5, 0.6) is 5.75 Å². The van der Waals surface area contributed by atoms with E-state index >= 15 is 0 Å². The van der Waals surface area contributed by atoms with Crippen LogP contribution < -0.4 is 26.8 Å². The van der Waals surface area contributed by atoms with E-state index in [1.807, 2.05) is 0 Å². The van der Waals surface area contributed by atoms with Crippen molar-refractivity contribution in [2.45, 2.75) is 50.6 Å². The van der Waals surface area contributed by atoms with Crippen LogP contribution in [0.15, 0.2) is 24.3 Å². The lowest BCUT2D eigenvalue weighted by atomic mass is 9.86. The highest BCUT2D eigenvalue weighted by Crippen LogP contribution is 2.40. The third-order valence-electron chi connectivity index (χ3n) is 6.94. The van der Waals surface area contributed by atoms with Crippen LogP contribution in [0, 0.1) is 11.8 Å². The molecule has 1 aromatic carbocycles. The van der Waals surface area contributed by atoms with Crippen molar-refractivity contribution in [3.8, 4) is 5.75 Å². The molecule has 6 N–H and O–H groups in total. The summed E-state index contributed by atoms with van der Waals surface area (Å²) in [5.74, 6) is -1.55. The molecule has 1 aliphatic carbocycles. The van der Waals surface area contributed by atoms with E-state index in [9.17, 15) is 19.2 Å². The lowest BCUT2D eigenvalue weighted by Gasteiger charge is -2.32. The topological polar surface area (TPSA) is 159 Å². The lowest BCUT2D eigenvalue weighted by Crippen LogP contribution is -2.58. The number of rotatable bonds is 10. The first-order chi connectivity index (χ1) is 16.1. The molecule has 3 atom stereocenters. The van der Waals surface area contributed by atoms with Gasteiger partial charge in [-0.05, 0) is 50.3 Å². The molecular weight excluding hydrogens is 438 g/mol. The van der Waals surface area contributed by atoms with Gasteiger partial charge in [-0.15, -0.1) is 0 Å². The number of amides is 4. The minimum Gasteiger partial charge on any atom is -0.496 e. The van der Waals surface area contributed by atoms with Crippen molar-refractivity contribution in [1.82, 2.24) is 15.2 Å². The number of nitrogens with two attached hydrogens (primary N) is 2. The molecule has 4 amide bonds. The van der Waals surface area contributed by atoms with Crippen molar-refractivity contribution in [2.75, 3.05) is 13.7 Å². The SMILES string of the molecule is COc1cccc2c1cc(C(N)=O)n2[C@@H](CC1CC1)C(=O)N[C@@](C)(CC1CCNC1=O)C(N)=O. The number of hydrogen-bond acceptors (Lipinski definition) is 5. The number of nitrogens with one attached hydrogen (secondary N) is 2. The number of ether oxygens (including phenoxy) is 1. The molecule has 1 unspecified atom stereocenters. The second kappa shape index (κ2) is 9.00. The Morgan fingerprint density at radius 1 is 1.26 bits per heavy atom. The Bertz CT molecular complexity index is 1150. The van der Waals surface area contributed by atoms with Crippen LogP contribution in [0.2, 0.25) is 0 Å². The Morgan fingerprint density at radius 3 is 2.56 bits per heavy atom. The van der Waals surface area contributed by atoms with Gasteiger partial charge < -0.3 is 31.4 Å². The van der Waals surface area contributed by atoms with Gasteiger partial charge >= 0.3 is 0 Å². The summed E-state index contributed by atoms with van der Waals surface area (Å²) < 4.78 is 7.08. The molecule has 1 aliphatic heterocycles. The second-order valence-corrected chi connectivity index (χ2v) is 9.52. The minimum atomic E-state index is -1.43. The van der Waals surface area contributed by atoms with Crippen LogP contribution in [0.1, 0.15) is 55.6 Å². The number of fused-ring (bicyclic) bond motifs is 1. The van der Waals surface area contributed by atoms with E-state index in [4.69, 9.17) is 16.2 Å². The normalized spacial score (nSPS) is 20.4. The van der Waals surface area contributed by atoms with E-state index < -0.39 is 35.2 Å². The molecule has 4 rings (SSSR count). The number of benzene rings is 1. The van der Waals surface area contributed by atoms with Crippen molar-refractivity contribution in [1.29, 1.82) is 0 Å². The Balaban J connectivity index is 1.73. The maximum atomic E-state index is 13.7. The molecule has 1 saturated heterocycles. The van der Waals surface area contributed by atoms with E-state index in [2.05, 4.69) is 10.6 Å². The number of carbonyl (C=O) groups excluding carboxylic acids is 4. The fourth-order valence-electron chi connectivity index (χ4n) is 4.83. The molecular formula is C24H31N5O5. The second-order valence-electron chi connectivity index (χ2n) is 9.52. The van der Waals surface area contributed by atoms with Crippen molar-refractivity contribution >= 4 is 34.5 Å². The predicted octanol–water partition coefficient (Wildman–Crippen LogP) is 0.976. The van der Waals surface area contributed by atoms with Crippen molar-refractivity contribution in [3.63, 3.8) is 0 Å². The van der Waals surface area contributed by atoms with Crippen LogP contribution in [-0.4, -0.2) is 47.4 Å². The highest BCUT2D eigenvalue weighted by Gasteiger charge is 2.42. The smallest absolute Gasteiger partial charge is 0.265 e. The summed E-state index contributed by atoms with van der Waals surface area (Å²) in [5, 5.41) is 6.23. The number of primary amides is 2. The summed E-state index contributed by atoms with van der Waals surface area (Å²) in [5.41, 5.74) is 10.8. The van der Waals surface area contributed by atoms with Gasteiger partial charge in [0, 0.05) is 17.8 Å². The fraction of sp³-hybridized carbons (Fsp3) is 0.500. The Morgan fingerprint density at radius 2 is 2.00 bits per heavy atom. The molecule has 0 spiro atoms. The fourth-order valence-corrected chi connectivity index (χ4v) is 4.83. The molecule has 0 radical (unpaired) electrons. The summed E-state index contributed by atoms with van der Waals surface area (Å²) >= 11 is 0. The monoisotopic (exact) mass is 469 g/mol. The van der Waals surface area contributed by atoms with Gasteiger partial charge in [-0.1, -0.05) is 18.9 Å². The number of nitrogens with zero attached hydrogens (tertiary/aromatic N) is 1. The largest absolute Gasteiger partial charge is 0.496 e. The summed E-state index contributed by atoms with van der Waals surface area (Å²) in [6.45, 7) is 2.06. The molecule has 2 aliphatic rings. The number of carbonyl (C=O) groups is 4. The highest BCUT2D eigenvalue weighted by atomic mass is 16.5. The Kier molecular flexibility index (Phi) is 6.24. The molecule has 10 nitrogen and oxygen atoms in total. The van der Waals surface area contributed by atoms with Crippen LogP contribution in [0.4, 0.5) is 0 Å². The summed E-state index contributed by atoms with van der Waals surface area (Å²) in [6, 6.07) is 6.17. The maximum absolute atomic E-state index is 13.7. The zero-order valence-corrected chi connectivity index (χ0v) is 19.4. The summed E-state index contributed by atoms with van der Waals surface area (Å²) in [4.78, 5) is 50.7. The molecule has 0 bridgehead atoms. The molecule has 1 aromatic heterocycles. The van der Waals surface area contributed by atoms with Crippen LogP contribution in [0.25, 0.3) is 10.9 Å². The quantitative estimate of drug-likeness (QED) is 0.408. The van der Waals surface area contributed by atoms with E-state index in [1.165, 1.54) is 7.11 Å². The van der Waals surface area contributed by atoms with Crippen LogP contribution in [0.3, 0.4) is 0 Å². The van der Waals surface area contributed by atoms with Crippen LogP contribution in [-0.2, 0) is 14.4 Å². The number of methoxy groups -OCH3 is 1. The van der Waals surface area contributed by atoms with Gasteiger partial charge in [-0.3, -0.25) is 19.2 Å². The average Bonchev–Trinajstić information content (AvgIpc) is 3.40. The van der Waals surface area contributed by atoms with E-state index in [0.717, 1.165) is 12.8 Å². The predicted molar refractivity (Wildman–Crippen MR) is 125 cm³/mol. The van der Waals surface area contributed by atoms with Gasteiger partial charge in [0.2, 0.25) is 17.7 Å². The first-order valence-corrected chi connectivity index (χ1v) is 11.5. The number of hydrogen-bond donors (Lipinski definition) is 4. The lowest BCUT2D eigenvalue weighted by molar-refractivity contribution is -0.134.